The zero-order chi connectivity index (χ0) is 28.3. The molecular weight excluding hydrogens is 522 g/mol. The lowest BCUT2D eigenvalue weighted by Crippen LogP contribution is -2.02. The van der Waals surface area contributed by atoms with E-state index in [1.54, 1.807) is 0 Å². The average Bonchev–Trinajstić information content (AvgIpc) is 3.43. The van der Waals surface area contributed by atoms with Gasteiger partial charge in [0.2, 0.25) is 0 Å². The van der Waals surface area contributed by atoms with Crippen molar-refractivity contribution in [1.29, 1.82) is 0 Å². The largest absolute Gasteiger partial charge is 0.293 e. The molecule has 0 saturated carbocycles. The Kier molecular flexibility index (Phi) is 5.20. The normalized spacial score (nSPS) is 11.7. The van der Waals surface area contributed by atoms with Crippen molar-refractivity contribution in [3.05, 3.63) is 152 Å². The van der Waals surface area contributed by atoms with E-state index in [2.05, 4.69) is 132 Å². The highest BCUT2D eigenvalue weighted by Crippen LogP contribution is 2.40. The third kappa shape index (κ3) is 3.68. The summed E-state index contributed by atoms with van der Waals surface area (Å²) in [5, 5.41) is 9.92. The highest BCUT2D eigenvalue weighted by atomic mass is 15.1. The van der Waals surface area contributed by atoms with Gasteiger partial charge in [-0.1, -0.05) is 140 Å². The topological polar surface area (TPSA) is 30.7 Å². The molecule has 9 rings (SSSR count). The summed E-state index contributed by atoms with van der Waals surface area (Å²) in [7, 11) is 0. The van der Waals surface area contributed by atoms with Crippen LogP contribution in [0.15, 0.2) is 152 Å². The fourth-order valence-corrected chi connectivity index (χ4v) is 6.62. The Morgan fingerprint density at radius 3 is 1.74 bits per heavy atom. The molecule has 0 aliphatic carbocycles. The Balaban J connectivity index is 1.42. The van der Waals surface area contributed by atoms with Crippen LogP contribution >= 0.6 is 0 Å². The Morgan fingerprint density at radius 2 is 0.953 bits per heavy atom. The molecule has 3 nitrogen and oxygen atoms in total. The van der Waals surface area contributed by atoms with Gasteiger partial charge >= 0.3 is 0 Å². The van der Waals surface area contributed by atoms with Crippen molar-refractivity contribution in [3.63, 3.8) is 0 Å². The van der Waals surface area contributed by atoms with Crippen molar-refractivity contribution in [1.82, 2.24) is 14.5 Å². The molecule has 3 heteroatoms. The molecule has 0 N–H and O–H groups in total. The van der Waals surface area contributed by atoms with Gasteiger partial charge in [-0.25, -0.2) is 9.97 Å². The van der Waals surface area contributed by atoms with E-state index in [1.165, 1.54) is 43.1 Å². The van der Waals surface area contributed by atoms with Crippen LogP contribution in [0.2, 0.25) is 0 Å². The minimum Gasteiger partial charge on any atom is -0.293 e. The SMILES string of the molecule is c1ccc(-c2cc(-n3c4ccccc4c4ccc5c6ccc7ccccc7c6ccc5c43)nc(-c3ccccc3)n2)cc1. The molecule has 43 heavy (non-hydrogen) atoms. The van der Waals surface area contributed by atoms with E-state index >= 15 is 0 Å². The first-order chi connectivity index (χ1) is 21.3. The van der Waals surface area contributed by atoms with Crippen molar-refractivity contribution < 1.29 is 0 Å². The minimum atomic E-state index is 0.708. The lowest BCUT2D eigenvalue weighted by molar-refractivity contribution is 1.05. The highest BCUT2D eigenvalue weighted by Gasteiger charge is 2.19. The van der Waals surface area contributed by atoms with Gasteiger partial charge in [-0.2, -0.15) is 0 Å². The van der Waals surface area contributed by atoms with E-state index in [0.29, 0.717) is 5.82 Å². The van der Waals surface area contributed by atoms with Crippen molar-refractivity contribution in [2.75, 3.05) is 0 Å². The van der Waals surface area contributed by atoms with Gasteiger partial charge in [0.15, 0.2) is 5.82 Å². The minimum absolute atomic E-state index is 0.708. The summed E-state index contributed by atoms with van der Waals surface area (Å²) in [6.45, 7) is 0. The first-order valence-electron chi connectivity index (χ1n) is 14.6. The van der Waals surface area contributed by atoms with E-state index in [4.69, 9.17) is 9.97 Å². The van der Waals surface area contributed by atoms with Gasteiger partial charge in [-0.15, -0.1) is 0 Å². The van der Waals surface area contributed by atoms with Gasteiger partial charge in [0.05, 0.1) is 16.7 Å². The Hall–Kier alpha value is -5.80. The Morgan fingerprint density at radius 1 is 0.395 bits per heavy atom. The van der Waals surface area contributed by atoms with Crippen LogP contribution in [0.4, 0.5) is 0 Å². The predicted molar refractivity (Wildman–Crippen MR) is 180 cm³/mol. The average molecular weight is 548 g/mol. The van der Waals surface area contributed by atoms with Crippen molar-refractivity contribution in [2.45, 2.75) is 0 Å². The number of rotatable bonds is 3. The van der Waals surface area contributed by atoms with Gasteiger partial charge in [-0.3, -0.25) is 4.57 Å². The first kappa shape index (κ1) is 23.9. The molecular formula is C40H25N3. The summed E-state index contributed by atoms with van der Waals surface area (Å²) >= 11 is 0. The number of benzene rings is 7. The van der Waals surface area contributed by atoms with E-state index in [1.807, 2.05) is 24.3 Å². The first-order valence-corrected chi connectivity index (χ1v) is 14.6. The summed E-state index contributed by atoms with van der Waals surface area (Å²) in [6.07, 6.45) is 0. The number of hydrogen-bond donors (Lipinski definition) is 0. The molecule has 0 unspecified atom stereocenters. The fourth-order valence-electron chi connectivity index (χ4n) is 6.62. The number of aromatic nitrogens is 3. The van der Waals surface area contributed by atoms with E-state index in [9.17, 15) is 0 Å². The van der Waals surface area contributed by atoms with Gasteiger partial charge in [0, 0.05) is 33.4 Å². The monoisotopic (exact) mass is 547 g/mol. The van der Waals surface area contributed by atoms with Crippen LogP contribution < -0.4 is 0 Å². The summed E-state index contributed by atoms with van der Waals surface area (Å²) in [4.78, 5) is 10.3. The predicted octanol–water partition coefficient (Wildman–Crippen LogP) is 10.4. The molecule has 7 aromatic carbocycles. The zero-order valence-corrected chi connectivity index (χ0v) is 23.3. The van der Waals surface area contributed by atoms with Crippen LogP contribution in [0.1, 0.15) is 0 Å². The van der Waals surface area contributed by atoms with Crippen LogP contribution in [-0.4, -0.2) is 14.5 Å². The lowest BCUT2D eigenvalue weighted by atomic mass is 9.96. The summed E-state index contributed by atoms with van der Waals surface area (Å²) in [5.74, 6) is 1.56. The summed E-state index contributed by atoms with van der Waals surface area (Å²) in [5.41, 5.74) is 5.23. The van der Waals surface area contributed by atoms with E-state index in [0.717, 1.165) is 33.7 Å². The Labute approximate surface area is 248 Å². The van der Waals surface area contributed by atoms with Crippen LogP contribution in [-0.2, 0) is 0 Å². The maximum atomic E-state index is 5.23. The number of para-hydroxylation sites is 1. The molecule has 0 radical (unpaired) electrons. The van der Waals surface area contributed by atoms with Gasteiger partial charge in [0.1, 0.15) is 5.82 Å². The highest BCUT2D eigenvalue weighted by molar-refractivity contribution is 6.25. The molecule has 0 spiro atoms. The van der Waals surface area contributed by atoms with E-state index in [-0.39, 0.29) is 0 Å². The number of hydrogen-bond acceptors (Lipinski definition) is 2. The van der Waals surface area contributed by atoms with Gasteiger partial charge in [-0.05, 0) is 33.0 Å². The Bertz CT molecular complexity index is 2440. The molecule has 0 aliphatic rings. The molecule has 0 amide bonds. The molecule has 0 saturated heterocycles. The third-order valence-electron chi connectivity index (χ3n) is 8.60. The standard InChI is InChI=1S/C40H25N3/c1-3-12-27(13-4-1)36-25-38(42-40(41-36)28-14-5-2-6-15-28)43-37-18-10-9-17-33(37)35-24-22-32-31-20-19-26-11-7-8-16-29(26)30(31)21-23-34(32)39(35)43/h1-25H. The maximum absolute atomic E-state index is 5.23. The second-order valence-electron chi connectivity index (χ2n) is 11.0. The summed E-state index contributed by atoms with van der Waals surface area (Å²) < 4.78 is 2.33. The van der Waals surface area contributed by atoms with Gasteiger partial charge in [0.25, 0.3) is 0 Å². The maximum Gasteiger partial charge on any atom is 0.162 e. The van der Waals surface area contributed by atoms with Crippen LogP contribution in [0.3, 0.4) is 0 Å². The number of fused-ring (bicyclic) bond motifs is 9. The van der Waals surface area contributed by atoms with Gasteiger partial charge < -0.3 is 0 Å². The van der Waals surface area contributed by atoms with Crippen molar-refractivity contribution in [3.8, 4) is 28.5 Å². The second-order valence-corrected chi connectivity index (χ2v) is 11.0. The van der Waals surface area contributed by atoms with Crippen molar-refractivity contribution in [2.24, 2.45) is 0 Å². The number of nitrogens with zero attached hydrogens (tertiary/aromatic N) is 3. The molecule has 2 aromatic heterocycles. The molecule has 9 aromatic rings. The molecule has 0 atom stereocenters. The molecule has 200 valence electrons. The second kappa shape index (κ2) is 9.37. The van der Waals surface area contributed by atoms with Crippen LogP contribution in [0.5, 0.6) is 0 Å². The lowest BCUT2D eigenvalue weighted by Gasteiger charge is -2.14. The summed E-state index contributed by atoms with van der Waals surface area (Å²) in [6, 6.07) is 53.7. The molecule has 2 heterocycles. The molecule has 0 bridgehead atoms. The zero-order valence-electron chi connectivity index (χ0n) is 23.3. The third-order valence-corrected chi connectivity index (χ3v) is 8.60. The van der Waals surface area contributed by atoms with Crippen LogP contribution in [0.25, 0.3) is 82.6 Å². The molecule has 0 aliphatic heterocycles. The smallest absolute Gasteiger partial charge is 0.162 e. The molecule has 0 fully saturated rings. The van der Waals surface area contributed by atoms with Crippen LogP contribution in [0, 0.1) is 0 Å². The quantitative estimate of drug-likeness (QED) is 0.206. The van der Waals surface area contributed by atoms with Crippen molar-refractivity contribution >= 4 is 54.1 Å². The fraction of sp³-hybridized carbons (Fsp3) is 0. The van der Waals surface area contributed by atoms with E-state index < -0.39 is 0 Å².